The first-order valence-electron chi connectivity index (χ1n) is 13.2. The van der Waals surface area contributed by atoms with Crippen LogP contribution in [0.1, 0.15) is 72.6 Å². The molecule has 8 heteroatoms. The number of ether oxygens (including phenoxy) is 5. The zero-order valence-corrected chi connectivity index (χ0v) is 22.6. The number of aliphatic hydroxyl groups excluding tert-OH is 1. The van der Waals surface area contributed by atoms with Crippen molar-refractivity contribution >= 4 is 5.97 Å². The molecule has 1 saturated heterocycles. The molecule has 0 aromatic heterocycles. The summed E-state index contributed by atoms with van der Waals surface area (Å²) in [5.41, 5.74) is 0. The molecule has 0 aliphatic carbocycles. The zero-order chi connectivity index (χ0) is 26.2. The van der Waals surface area contributed by atoms with Gasteiger partial charge in [0.05, 0.1) is 18.3 Å². The number of carbonyl (C=O) groups excluding carboxylic acids is 1. The number of hydrogen-bond acceptors (Lipinski definition) is 8. The van der Waals surface area contributed by atoms with Gasteiger partial charge in [-0.2, -0.15) is 0 Å². The maximum atomic E-state index is 13.2. The van der Waals surface area contributed by atoms with E-state index >= 15 is 0 Å². The first-order valence-corrected chi connectivity index (χ1v) is 13.2. The van der Waals surface area contributed by atoms with Crippen LogP contribution in [0.4, 0.5) is 0 Å². The first kappa shape index (κ1) is 30.2. The molecule has 2 bridgehead atoms. The Bertz CT molecular complexity index is 670. The molecule has 2 aliphatic heterocycles. The normalized spacial score (nSPS) is 42.9. The van der Waals surface area contributed by atoms with E-state index in [2.05, 4.69) is 6.92 Å². The summed E-state index contributed by atoms with van der Waals surface area (Å²) < 4.78 is 29.1. The number of aliphatic hydroxyl groups is 2. The van der Waals surface area contributed by atoms with Crippen LogP contribution in [0.5, 0.6) is 0 Å². The SMILES string of the molecule is CCCC[C@H]1CCCC[C@H](OC)[C@H](OC)/C=C/[C@H](C)[C@@H]2O[C@](O)([C@H](C)C(=O)O1)[C@H](OC)[C@@H](O)[C@@H]2C. The van der Waals surface area contributed by atoms with E-state index in [9.17, 15) is 15.0 Å². The number of rotatable bonds is 6. The second kappa shape index (κ2) is 14.1. The van der Waals surface area contributed by atoms with Gasteiger partial charge in [0, 0.05) is 33.2 Å². The minimum atomic E-state index is -2.04. The average molecular weight is 501 g/mol. The van der Waals surface area contributed by atoms with Crippen molar-refractivity contribution in [2.75, 3.05) is 21.3 Å². The summed E-state index contributed by atoms with van der Waals surface area (Å²) in [6.45, 7) is 7.50. The summed E-state index contributed by atoms with van der Waals surface area (Å²) in [7, 11) is 4.76. The van der Waals surface area contributed by atoms with Crippen LogP contribution in [-0.2, 0) is 28.5 Å². The third kappa shape index (κ3) is 7.27. The highest BCUT2D eigenvalue weighted by molar-refractivity contribution is 5.73. The molecule has 0 radical (unpaired) electrons. The van der Waals surface area contributed by atoms with Gasteiger partial charge >= 0.3 is 5.97 Å². The Labute approximate surface area is 211 Å². The van der Waals surface area contributed by atoms with Crippen LogP contribution in [0.2, 0.25) is 0 Å². The van der Waals surface area contributed by atoms with Crippen molar-refractivity contribution in [1.82, 2.24) is 0 Å². The molecule has 10 atom stereocenters. The fourth-order valence-electron chi connectivity index (χ4n) is 5.36. The second-order valence-corrected chi connectivity index (χ2v) is 10.3. The number of fused-ring (bicyclic) bond motifs is 2. The lowest BCUT2D eigenvalue weighted by Crippen LogP contribution is -2.67. The van der Waals surface area contributed by atoms with Crippen molar-refractivity contribution in [3.8, 4) is 0 Å². The van der Waals surface area contributed by atoms with Gasteiger partial charge in [-0.05, 0) is 32.6 Å². The lowest BCUT2D eigenvalue weighted by atomic mass is 9.78. The Morgan fingerprint density at radius 1 is 1.06 bits per heavy atom. The molecule has 2 N–H and O–H groups in total. The predicted molar refractivity (Wildman–Crippen MR) is 133 cm³/mol. The molecule has 204 valence electrons. The molecule has 1 fully saturated rings. The van der Waals surface area contributed by atoms with Gasteiger partial charge in [-0.25, -0.2) is 0 Å². The number of cyclic esters (lactones) is 1. The van der Waals surface area contributed by atoms with Gasteiger partial charge in [0.2, 0.25) is 5.79 Å². The average Bonchev–Trinajstić information content (AvgIpc) is 2.84. The van der Waals surface area contributed by atoms with Crippen LogP contribution in [0, 0.1) is 17.8 Å². The van der Waals surface area contributed by atoms with E-state index in [0.717, 1.165) is 44.9 Å². The van der Waals surface area contributed by atoms with E-state index in [-0.39, 0.29) is 30.1 Å². The van der Waals surface area contributed by atoms with Gasteiger partial charge in [0.15, 0.2) is 0 Å². The topological polar surface area (TPSA) is 104 Å². The Morgan fingerprint density at radius 3 is 2.34 bits per heavy atom. The van der Waals surface area contributed by atoms with Gasteiger partial charge in [0.25, 0.3) is 0 Å². The molecule has 0 amide bonds. The van der Waals surface area contributed by atoms with Gasteiger partial charge in [-0.3, -0.25) is 4.79 Å². The van der Waals surface area contributed by atoms with Gasteiger partial charge in [-0.1, -0.05) is 52.2 Å². The van der Waals surface area contributed by atoms with Crippen molar-refractivity contribution in [1.29, 1.82) is 0 Å². The van der Waals surface area contributed by atoms with Crippen LogP contribution < -0.4 is 0 Å². The number of esters is 1. The van der Waals surface area contributed by atoms with Crippen molar-refractivity contribution in [3.63, 3.8) is 0 Å². The molecule has 2 aliphatic rings. The highest BCUT2D eigenvalue weighted by Gasteiger charge is 2.58. The molecule has 0 saturated carbocycles. The first-order chi connectivity index (χ1) is 16.6. The lowest BCUT2D eigenvalue weighted by molar-refractivity contribution is -0.360. The molecule has 0 unspecified atom stereocenters. The smallest absolute Gasteiger partial charge is 0.314 e. The van der Waals surface area contributed by atoms with E-state index in [4.69, 9.17) is 23.7 Å². The van der Waals surface area contributed by atoms with E-state index in [1.807, 2.05) is 26.0 Å². The maximum Gasteiger partial charge on any atom is 0.314 e. The van der Waals surface area contributed by atoms with Crippen molar-refractivity contribution in [3.05, 3.63) is 12.2 Å². The van der Waals surface area contributed by atoms with Crippen molar-refractivity contribution in [2.24, 2.45) is 17.8 Å². The lowest BCUT2D eigenvalue weighted by Gasteiger charge is -2.51. The molecule has 2 heterocycles. The van der Waals surface area contributed by atoms with E-state index < -0.39 is 36.0 Å². The summed E-state index contributed by atoms with van der Waals surface area (Å²) in [5.74, 6) is -4.16. The predicted octanol–water partition coefficient (Wildman–Crippen LogP) is 3.62. The standard InChI is InChI=1S/C27H48O8/c1-8-9-12-20-13-10-11-14-21(31-5)22(32-6)16-15-17(2)24-18(3)23(28)25(33-7)27(30,35-24)19(4)26(29)34-20/h15-25,28,30H,8-14H2,1-7H3/b16-15+/t17-,18-,19+,20-,21-,22+,23-,24-,25+,27+/m0/s1. The third-order valence-corrected chi connectivity index (χ3v) is 7.82. The van der Waals surface area contributed by atoms with Crippen LogP contribution >= 0.6 is 0 Å². The van der Waals surface area contributed by atoms with E-state index in [0.29, 0.717) is 0 Å². The maximum absolute atomic E-state index is 13.2. The minimum Gasteiger partial charge on any atom is -0.462 e. The molecule has 0 aromatic rings. The number of carbonyl (C=O) groups is 1. The highest BCUT2D eigenvalue weighted by atomic mass is 16.7. The minimum absolute atomic E-state index is 0.113. The monoisotopic (exact) mass is 500 g/mol. The van der Waals surface area contributed by atoms with Gasteiger partial charge < -0.3 is 33.9 Å². The number of unbranched alkanes of at least 4 members (excludes halogenated alkanes) is 1. The Balaban J connectivity index is 2.44. The van der Waals surface area contributed by atoms with Crippen LogP contribution in [0.3, 0.4) is 0 Å². The zero-order valence-electron chi connectivity index (χ0n) is 22.6. The van der Waals surface area contributed by atoms with Gasteiger partial charge in [0.1, 0.15) is 24.2 Å². The van der Waals surface area contributed by atoms with Crippen molar-refractivity contribution < 1.29 is 38.7 Å². The largest absolute Gasteiger partial charge is 0.462 e. The highest BCUT2D eigenvalue weighted by Crippen LogP contribution is 2.41. The van der Waals surface area contributed by atoms with Crippen molar-refractivity contribution in [2.45, 2.75) is 115 Å². The Hall–Kier alpha value is -1.03. The van der Waals surface area contributed by atoms with E-state index in [1.165, 1.54) is 7.11 Å². The molecule has 0 spiro atoms. The Morgan fingerprint density at radius 2 is 1.74 bits per heavy atom. The van der Waals surface area contributed by atoms with Crippen LogP contribution in [0.25, 0.3) is 0 Å². The molecule has 35 heavy (non-hydrogen) atoms. The second-order valence-electron chi connectivity index (χ2n) is 10.3. The van der Waals surface area contributed by atoms with Crippen LogP contribution in [-0.4, -0.2) is 79.9 Å². The summed E-state index contributed by atoms with van der Waals surface area (Å²) in [5, 5.41) is 22.8. The molecule has 2 rings (SSSR count). The molecule has 8 nitrogen and oxygen atoms in total. The quantitative estimate of drug-likeness (QED) is 0.421. The number of methoxy groups -OCH3 is 3. The summed E-state index contributed by atoms with van der Waals surface area (Å²) in [6.07, 6.45) is 6.72. The molecule has 0 aromatic carbocycles. The number of hydrogen-bond donors (Lipinski definition) is 2. The fourth-order valence-corrected chi connectivity index (χ4v) is 5.36. The Kier molecular flexibility index (Phi) is 12.1. The summed E-state index contributed by atoms with van der Waals surface area (Å²) in [6, 6.07) is 0. The molecular weight excluding hydrogens is 452 g/mol. The summed E-state index contributed by atoms with van der Waals surface area (Å²) >= 11 is 0. The fraction of sp³-hybridized carbons (Fsp3) is 0.889. The van der Waals surface area contributed by atoms with Gasteiger partial charge in [-0.15, -0.1) is 0 Å². The summed E-state index contributed by atoms with van der Waals surface area (Å²) in [4.78, 5) is 13.2. The van der Waals surface area contributed by atoms with Crippen LogP contribution in [0.15, 0.2) is 12.2 Å². The van der Waals surface area contributed by atoms with E-state index in [1.54, 1.807) is 21.1 Å². The molecular formula is C27H48O8. The third-order valence-electron chi connectivity index (χ3n) is 7.82.